The first kappa shape index (κ1) is 16.2. The van der Waals surface area contributed by atoms with Gasteiger partial charge in [-0.15, -0.1) is 0 Å². The molecule has 0 aliphatic carbocycles. The molecule has 1 saturated heterocycles. The lowest BCUT2D eigenvalue weighted by atomic mass is 10.0. The number of anilines is 1. The van der Waals surface area contributed by atoms with Gasteiger partial charge in [0.25, 0.3) is 5.91 Å². The van der Waals surface area contributed by atoms with Crippen molar-refractivity contribution in [3.63, 3.8) is 0 Å². The van der Waals surface area contributed by atoms with E-state index in [2.05, 4.69) is 42.3 Å². The number of thioether (sulfide) groups is 1. The minimum absolute atomic E-state index is 0.229. The lowest BCUT2D eigenvalue weighted by molar-refractivity contribution is -0.137. The highest BCUT2D eigenvalue weighted by molar-refractivity contribution is 7.99. The third-order valence-electron chi connectivity index (χ3n) is 3.84. The van der Waals surface area contributed by atoms with Crippen molar-refractivity contribution in [3.05, 3.63) is 29.8 Å². The normalized spacial score (nSPS) is 21.3. The fourth-order valence-corrected chi connectivity index (χ4v) is 3.74. The van der Waals surface area contributed by atoms with Gasteiger partial charge in [0.05, 0.1) is 0 Å². The number of likely N-dealkylation sites (N-methyl/N-ethyl adjacent to an activating group) is 1. The number of aliphatic hydroxyl groups is 1. The monoisotopic (exact) mass is 308 g/mol. The number of rotatable bonds is 6. The molecule has 5 heteroatoms. The van der Waals surface area contributed by atoms with E-state index >= 15 is 0 Å². The quantitative estimate of drug-likeness (QED) is 0.841. The van der Waals surface area contributed by atoms with Gasteiger partial charge in [0.15, 0.2) is 5.60 Å². The summed E-state index contributed by atoms with van der Waals surface area (Å²) in [5.41, 5.74) is 1.24. The molecule has 21 heavy (non-hydrogen) atoms. The fourth-order valence-electron chi connectivity index (χ4n) is 2.50. The van der Waals surface area contributed by atoms with Gasteiger partial charge in [-0.2, -0.15) is 11.8 Å². The van der Waals surface area contributed by atoms with Gasteiger partial charge >= 0.3 is 0 Å². The molecular formula is C16H24N2O2S. The molecule has 1 aliphatic rings. The molecule has 4 nitrogen and oxygen atoms in total. The summed E-state index contributed by atoms with van der Waals surface area (Å²) in [6.07, 6.45) is 0.554. The van der Waals surface area contributed by atoms with Crippen molar-refractivity contribution in [3.8, 4) is 0 Å². The van der Waals surface area contributed by atoms with Crippen LogP contribution in [0.25, 0.3) is 0 Å². The summed E-state index contributed by atoms with van der Waals surface area (Å²) in [4.78, 5) is 14.3. The number of aryl methyl sites for hydroxylation is 1. The van der Waals surface area contributed by atoms with Gasteiger partial charge < -0.3 is 15.3 Å². The van der Waals surface area contributed by atoms with E-state index in [0.29, 0.717) is 18.7 Å². The van der Waals surface area contributed by atoms with E-state index in [1.807, 2.05) is 6.07 Å². The van der Waals surface area contributed by atoms with Crippen molar-refractivity contribution in [1.82, 2.24) is 5.32 Å². The van der Waals surface area contributed by atoms with Crippen LogP contribution in [0, 0.1) is 6.92 Å². The Morgan fingerprint density at radius 3 is 2.95 bits per heavy atom. The van der Waals surface area contributed by atoms with Gasteiger partial charge in [-0.1, -0.05) is 12.1 Å². The molecule has 2 N–H and O–H groups in total. The number of nitrogens with zero attached hydrogens (tertiary/aromatic N) is 1. The van der Waals surface area contributed by atoms with Gasteiger partial charge in [-0.05, 0) is 43.7 Å². The molecular weight excluding hydrogens is 284 g/mol. The lowest BCUT2D eigenvalue weighted by Crippen LogP contribution is -2.48. The molecule has 0 radical (unpaired) electrons. The largest absolute Gasteiger partial charge is 0.379 e. The van der Waals surface area contributed by atoms with Crippen molar-refractivity contribution in [1.29, 1.82) is 0 Å². The second-order valence-electron chi connectivity index (χ2n) is 5.51. The molecule has 1 unspecified atom stereocenters. The average Bonchev–Trinajstić information content (AvgIpc) is 2.91. The van der Waals surface area contributed by atoms with Crippen LogP contribution in [0.15, 0.2) is 24.3 Å². The Hall–Kier alpha value is -1.20. The highest BCUT2D eigenvalue weighted by atomic mass is 32.2. The minimum atomic E-state index is -1.16. The van der Waals surface area contributed by atoms with Crippen LogP contribution in [0.5, 0.6) is 0 Å². The number of nitrogens with one attached hydrogen (secondary N) is 1. The molecule has 1 atom stereocenters. The van der Waals surface area contributed by atoms with Crippen LogP contribution in [0.4, 0.5) is 5.69 Å². The number of hydrogen-bond acceptors (Lipinski definition) is 4. The number of amides is 1. The summed E-state index contributed by atoms with van der Waals surface area (Å²) in [6, 6.07) is 8.35. The predicted octanol–water partition coefficient (Wildman–Crippen LogP) is 1.81. The maximum atomic E-state index is 12.0. The smallest absolute Gasteiger partial charge is 0.252 e. The Balaban J connectivity index is 1.85. The Morgan fingerprint density at radius 1 is 1.52 bits per heavy atom. The van der Waals surface area contributed by atoms with Crippen molar-refractivity contribution in [2.45, 2.75) is 25.9 Å². The highest BCUT2D eigenvalue weighted by Gasteiger charge is 2.39. The first-order chi connectivity index (χ1) is 10.0. The van der Waals surface area contributed by atoms with Crippen molar-refractivity contribution in [2.75, 3.05) is 36.0 Å². The van der Waals surface area contributed by atoms with E-state index in [4.69, 9.17) is 0 Å². The van der Waals surface area contributed by atoms with E-state index in [0.717, 1.165) is 18.8 Å². The van der Waals surface area contributed by atoms with Gasteiger partial charge in [-0.25, -0.2) is 0 Å². The van der Waals surface area contributed by atoms with Crippen LogP contribution < -0.4 is 10.2 Å². The number of carbonyl (C=O) groups is 1. The molecule has 1 aromatic carbocycles. The Morgan fingerprint density at radius 2 is 2.33 bits per heavy atom. The van der Waals surface area contributed by atoms with E-state index in [-0.39, 0.29) is 5.91 Å². The maximum Gasteiger partial charge on any atom is 0.252 e. The molecule has 1 fully saturated rings. The topological polar surface area (TPSA) is 52.6 Å². The molecule has 0 saturated carbocycles. The summed E-state index contributed by atoms with van der Waals surface area (Å²) in [5, 5.41) is 13.1. The van der Waals surface area contributed by atoms with E-state index < -0.39 is 5.60 Å². The second kappa shape index (κ2) is 7.18. The standard InChI is InChI=1S/C16H24N2O2S/c1-3-18(14-6-4-5-13(2)11-14)9-8-17-15(19)16(20)7-10-21-12-16/h4-6,11,20H,3,7-10,12H2,1-2H3,(H,17,19). The Labute approximate surface area is 130 Å². The molecule has 0 bridgehead atoms. The molecule has 0 spiro atoms. The second-order valence-corrected chi connectivity index (χ2v) is 6.61. The first-order valence-corrected chi connectivity index (χ1v) is 8.60. The summed E-state index contributed by atoms with van der Waals surface area (Å²) < 4.78 is 0. The number of hydrogen-bond donors (Lipinski definition) is 2. The Kier molecular flexibility index (Phi) is 5.53. The van der Waals surface area contributed by atoms with E-state index in [9.17, 15) is 9.90 Å². The molecule has 116 valence electrons. The first-order valence-electron chi connectivity index (χ1n) is 7.45. The summed E-state index contributed by atoms with van der Waals surface area (Å²) in [5.74, 6) is 1.13. The molecule has 0 aromatic heterocycles. The van der Waals surface area contributed by atoms with Gasteiger partial charge in [0, 0.05) is 31.1 Å². The molecule has 1 aromatic rings. The van der Waals surface area contributed by atoms with Crippen molar-refractivity contribution < 1.29 is 9.90 Å². The SMILES string of the molecule is CCN(CCNC(=O)C1(O)CCSC1)c1cccc(C)c1. The third kappa shape index (κ3) is 4.14. The lowest BCUT2D eigenvalue weighted by Gasteiger charge is -2.25. The van der Waals surface area contributed by atoms with Crippen LogP contribution >= 0.6 is 11.8 Å². The third-order valence-corrected chi connectivity index (χ3v) is 5.01. The molecule has 1 aliphatic heterocycles. The van der Waals surface area contributed by atoms with Crippen LogP contribution in [0.1, 0.15) is 18.9 Å². The molecule has 1 amide bonds. The van der Waals surface area contributed by atoms with Crippen LogP contribution in [0.2, 0.25) is 0 Å². The maximum absolute atomic E-state index is 12.0. The van der Waals surface area contributed by atoms with Crippen LogP contribution in [-0.2, 0) is 4.79 Å². The zero-order chi connectivity index (χ0) is 15.3. The Bertz CT molecular complexity index is 487. The van der Waals surface area contributed by atoms with Gasteiger partial charge in [0.1, 0.15) is 0 Å². The predicted molar refractivity (Wildman–Crippen MR) is 89.0 cm³/mol. The number of carbonyl (C=O) groups excluding carboxylic acids is 1. The van der Waals surface area contributed by atoms with E-state index in [1.54, 1.807) is 11.8 Å². The summed E-state index contributed by atoms with van der Waals surface area (Å²) in [7, 11) is 0. The molecule has 1 heterocycles. The van der Waals surface area contributed by atoms with Crippen LogP contribution in [0.3, 0.4) is 0 Å². The van der Waals surface area contributed by atoms with Crippen LogP contribution in [-0.4, -0.2) is 47.8 Å². The van der Waals surface area contributed by atoms with E-state index in [1.165, 1.54) is 11.3 Å². The molecule has 2 rings (SSSR count). The zero-order valence-corrected chi connectivity index (χ0v) is 13.6. The van der Waals surface area contributed by atoms with Gasteiger partial charge in [0.2, 0.25) is 0 Å². The highest BCUT2D eigenvalue weighted by Crippen LogP contribution is 2.27. The zero-order valence-electron chi connectivity index (χ0n) is 12.8. The number of benzene rings is 1. The van der Waals surface area contributed by atoms with Crippen molar-refractivity contribution in [2.24, 2.45) is 0 Å². The average molecular weight is 308 g/mol. The fraction of sp³-hybridized carbons (Fsp3) is 0.562. The van der Waals surface area contributed by atoms with Gasteiger partial charge in [-0.3, -0.25) is 4.79 Å². The summed E-state index contributed by atoms with van der Waals surface area (Å²) in [6.45, 7) is 6.36. The minimum Gasteiger partial charge on any atom is -0.379 e. The summed E-state index contributed by atoms with van der Waals surface area (Å²) >= 11 is 1.63. The van der Waals surface area contributed by atoms with Crippen molar-refractivity contribution >= 4 is 23.4 Å².